The highest BCUT2D eigenvalue weighted by molar-refractivity contribution is 7.89. The Morgan fingerprint density at radius 3 is 2.40 bits per heavy atom. The standard InChI is InChI=1S/C27H36N4O3S/c1-4-18-30-25-15-14-23(35(33,34)29(5-2)6-3)19-24(25)28-26(30)16-17-27(32)31(22-12-13-22)20-21-10-8-7-9-11-21/h7-11,14-15,19,22H,4-6,12-13,16-18,20H2,1-3H3. The molecule has 0 atom stereocenters. The number of carbonyl (C=O) groups is 1. The number of rotatable bonds is 12. The first-order valence-electron chi connectivity index (χ1n) is 12.7. The van der Waals surface area contributed by atoms with Gasteiger partial charge in [0, 0.05) is 45.1 Å². The van der Waals surface area contributed by atoms with E-state index in [0.717, 1.165) is 42.7 Å². The van der Waals surface area contributed by atoms with Crippen molar-refractivity contribution in [1.82, 2.24) is 18.8 Å². The Bertz CT molecular complexity index is 1260. The zero-order valence-corrected chi connectivity index (χ0v) is 21.8. The average Bonchev–Trinajstić information content (AvgIpc) is 3.64. The molecule has 0 radical (unpaired) electrons. The third kappa shape index (κ3) is 5.59. The van der Waals surface area contributed by atoms with E-state index in [2.05, 4.69) is 23.6 Å². The lowest BCUT2D eigenvalue weighted by atomic mass is 10.2. The summed E-state index contributed by atoms with van der Waals surface area (Å²) < 4.78 is 29.6. The van der Waals surface area contributed by atoms with Crippen molar-refractivity contribution in [3.63, 3.8) is 0 Å². The Morgan fingerprint density at radius 1 is 1.06 bits per heavy atom. The van der Waals surface area contributed by atoms with Crippen LogP contribution in [0.1, 0.15) is 57.8 Å². The Hall–Kier alpha value is -2.71. The predicted molar refractivity (Wildman–Crippen MR) is 138 cm³/mol. The molecule has 1 heterocycles. The van der Waals surface area contributed by atoms with Crippen LogP contribution in [0.5, 0.6) is 0 Å². The fourth-order valence-electron chi connectivity index (χ4n) is 4.65. The van der Waals surface area contributed by atoms with Gasteiger partial charge in [0.1, 0.15) is 5.82 Å². The first-order valence-corrected chi connectivity index (χ1v) is 14.2. The third-order valence-corrected chi connectivity index (χ3v) is 8.70. The van der Waals surface area contributed by atoms with Crippen LogP contribution < -0.4 is 0 Å². The highest BCUT2D eigenvalue weighted by Gasteiger charge is 2.32. The number of hydrogen-bond acceptors (Lipinski definition) is 4. The number of imidazole rings is 1. The van der Waals surface area contributed by atoms with Gasteiger partial charge in [0.2, 0.25) is 15.9 Å². The quantitative estimate of drug-likeness (QED) is 0.367. The van der Waals surface area contributed by atoms with Gasteiger partial charge in [-0.25, -0.2) is 13.4 Å². The molecule has 0 unspecified atom stereocenters. The van der Waals surface area contributed by atoms with Crippen molar-refractivity contribution in [1.29, 1.82) is 0 Å². The number of fused-ring (bicyclic) bond motifs is 1. The van der Waals surface area contributed by atoms with Crippen LogP contribution in [0.25, 0.3) is 11.0 Å². The molecule has 4 rings (SSSR count). The highest BCUT2D eigenvalue weighted by atomic mass is 32.2. The highest BCUT2D eigenvalue weighted by Crippen LogP contribution is 2.30. The van der Waals surface area contributed by atoms with E-state index in [-0.39, 0.29) is 10.8 Å². The van der Waals surface area contributed by atoms with Gasteiger partial charge in [0.05, 0.1) is 15.9 Å². The van der Waals surface area contributed by atoms with Gasteiger partial charge >= 0.3 is 0 Å². The van der Waals surface area contributed by atoms with E-state index < -0.39 is 10.0 Å². The lowest BCUT2D eigenvalue weighted by molar-refractivity contribution is -0.132. The summed E-state index contributed by atoms with van der Waals surface area (Å²) in [5, 5.41) is 0. The minimum Gasteiger partial charge on any atom is -0.335 e. The van der Waals surface area contributed by atoms with Gasteiger partial charge in [-0.3, -0.25) is 4.79 Å². The van der Waals surface area contributed by atoms with Crippen LogP contribution in [-0.2, 0) is 34.3 Å². The minimum atomic E-state index is -3.55. The van der Waals surface area contributed by atoms with Crippen LogP contribution in [0.2, 0.25) is 0 Å². The Kier molecular flexibility index (Phi) is 7.91. The normalized spacial score (nSPS) is 14.1. The van der Waals surface area contributed by atoms with Crippen LogP contribution in [0.4, 0.5) is 0 Å². The maximum Gasteiger partial charge on any atom is 0.243 e. The SMILES string of the molecule is CCCn1c(CCC(=O)N(Cc2ccccc2)C2CC2)nc2cc(S(=O)(=O)N(CC)CC)ccc21. The summed E-state index contributed by atoms with van der Waals surface area (Å²) >= 11 is 0. The molecule has 3 aromatic rings. The maximum absolute atomic E-state index is 13.2. The molecular formula is C27H36N4O3S. The number of aryl methyl sites for hydroxylation is 2. The molecule has 0 bridgehead atoms. The molecule has 2 aromatic carbocycles. The summed E-state index contributed by atoms with van der Waals surface area (Å²) in [6, 6.07) is 15.7. The number of benzene rings is 2. The molecule has 0 spiro atoms. The number of amides is 1. The summed E-state index contributed by atoms with van der Waals surface area (Å²) in [5.74, 6) is 0.985. The van der Waals surface area contributed by atoms with Crippen LogP contribution >= 0.6 is 0 Å². The number of nitrogens with zero attached hydrogens (tertiary/aromatic N) is 4. The molecule has 1 fully saturated rings. The van der Waals surface area contributed by atoms with Crippen LogP contribution in [-0.4, -0.2) is 52.2 Å². The van der Waals surface area contributed by atoms with Gasteiger partial charge in [0.25, 0.3) is 0 Å². The van der Waals surface area contributed by atoms with Crippen LogP contribution in [0, 0.1) is 0 Å². The minimum absolute atomic E-state index is 0.149. The molecule has 1 saturated carbocycles. The van der Waals surface area contributed by atoms with Gasteiger partial charge in [0.15, 0.2) is 0 Å². The average molecular weight is 497 g/mol. The van der Waals surface area contributed by atoms with Gasteiger partial charge in [-0.15, -0.1) is 0 Å². The Morgan fingerprint density at radius 2 is 1.77 bits per heavy atom. The molecular weight excluding hydrogens is 460 g/mol. The summed E-state index contributed by atoms with van der Waals surface area (Å²) in [7, 11) is -3.55. The first kappa shape index (κ1) is 25.4. The van der Waals surface area contributed by atoms with Crippen molar-refractivity contribution in [2.24, 2.45) is 0 Å². The second-order valence-corrected chi connectivity index (χ2v) is 11.1. The van der Waals surface area contributed by atoms with E-state index in [1.165, 1.54) is 4.31 Å². The van der Waals surface area contributed by atoms with E-state index >= 15 is 0 Å². The smallest absolute Gasteiger partial charge is 0.243 e. The van der Waals surface area contributed by atoms with E-state index in [4.69, 9.17) is 4.98 Å². The predicted octanol–water partition coefficient (Wildman–Crippen LogP) is 4.60. The maximum atomic E-state index is 13.2. The number of carbonyl (C=O) groups excluding carboxylic acids is 1. The monoisotopic (exact) mass is 496 g/mol. The summed E-state index contributed by atoms with van der Waals surface area (Å²) in [6.45, 7) is 8.06. The van der Waals surface area contributed by atoms with Gasteiger partial charge in [-0.2, -0.15) is 4.31 Å². The Balaban J connectivity index is 1.56. The molecule has 188 valence electrons. The number of aromatic nitrogens is 2. The lowest BCUT2D eigenvalue weighted by Gasteiger charge is -2.22. The van der Waals surface area contributed by atoms with Crippen molar-refractivity contribution in [2.75, 3.05) is 13.1 Å². The van der Waals surface area contributed by atoms with E-state index in [1.807, 2.05) is 43.0 Å². The van der Waals surface area contributed by atoms with E-state index in [0.29, 0.717) is 44.0 Å². The molecule has 8 heteroatoms. The van der Waals surface area contributed by atoms with Crippen LogP contribution in [0.3, 0.4) is 0 Å². The van der Waals surface area contributed by atoms with Crippen molar-refractivity contribution in [3.05, 3.63) is 59.9 Å². The van der Waals surface area contributed by atoms with Crippen molar-refractivity contribution >= 4 is 27.0 Å². The third-order valence-electron chi connectivity index (χ3n) is 6.66. The molecule has 7 nitrogen and oxygen atoms in total. The van der Waals surface area contributed by atoms with Gasteiger partial charge < -0.3 is 9.47 Å². The molecule has 1 aliphatic carbocycles. The first-order chi connectivity index (χ1) is 16.9. The van der Waals surface area contributed by atoms with Crippen molar-refractivity contribution in [3.8, 4) is 0 Å². The summed E-state index contributed by atoms with van der Waals surface area (Å²) in [4.78, 5) is 20.3. The second kappa shape index (κ2) is 10.9. The fourth-order valence-corrected chi connectivity index (χ4v) is 6.12. The van der Waals surface area contributed by atoms with E-state index in [1.54, 1.807) is 12.1 Å². The zero-order valence-electron chi connectivity index (χ0n) is 21.0. The number of hydrogen-bond donors (Lipinski definition) is 0. The fraction of sp³-hybridized carbons (Fsp3) is 0.481. The molecule has 0 saturated heterocycles. The lowest BCUT2D eigenvalue weighted by Crippen LogP contribution is -2.32. The largest absolute Gasteiger partial charge is 0.335 e. The molecule has 35 heavy (non-hydrogen) atoms. The van der Waals surface area contributed by atoms with Crippen molar-refractivity contribution < 1.29 is 13.2 Å². The summed E-state index contributed by atoms with van der Waals surface area (Å²) in [5.41, 5.74) is 2.72. The Labute approximate surface area is 208 Å². The second-order valence-electron chi connectivity index (χ2n) is 9.16. The zero-order chi connectivity index (χ0) is 25.0. The van der Waals surface area contributed by atoms with Crippen molar-refractivity contribution in [2.45, 2.75) is 76.9 Å². The molecule has 1 amide bonds. The number of sulfonamides is 1. The van der Waals surface area contributed by atoms with E-state index in [9.17, 15) is 13.2 Å². The van der Waals surface area contributed by atoms with Gasteiger partial charge in [-0.1, -0.05) is 51.1 Å². The molecule has 0 aliphatic heterocycles. The van der Waals surface area contributed by atoms with Crippen LogP contribution in [0.15, 0.2) is 53.4 Å². The van der Waals surface area contributed by atoms with Gasteiger partial charge in [-0.05, 0) is 43.0 Å². The molecule has 1 aliphatic rings. The topological polar surface area (TPSA) is 75.5 Å². The summed E-state index contributed by atoms with van der Waals surface area (Å²) in [6.07, 6.45) is 3.98. The molecule has 0 N–H and O–H groups in total. The molecule has 1 aromatic heterocycles.